The molecule has 3 rings (SSSR count). The third-order valence-corrected chi connectivity index (χ3v) is 6.51. The van der Waals surface area contributed by atoms with Gasteiger partial charge in [0.05, 0.1) is 10.9 Å². The van der Waals surface area contributed by atoms with Crippen molar-refractivity contribution in [2.45, 2.75) is 37.6 Å². The number of hydrogen-bond donors (Lipinski definition) is 0. The van der Waals surface area contributed by atoms with Crippen LogP contribution in [0.4, 0.5) is 0 Å². The molecule has 0 spiro atoms. The lowest BCUT2D eigenvalue weighted by atomic mass is 9.95. The van der Waals surface area contributed by atoms with Crippen molar-refractivity contribution in [2.75, 3.05) is 6.54 Å². The zero-order valence-corrected chi connectivity index (χ0v) is 12.6. The Labute approximate surface area is 119 Å². The largest absolute Gasteiger partial charge is 0.298 e. The van der Waals surface area contributed by atoms with Gasteiger partial charge in [-0.15, -0.1) is 0 Å². The van der Waals surface area contributed by atoms with Crippen molar-refractivity contribution < 1.29 is 13.2 Å². The predicted molar refractivity (Wildman–Crippen MR) is 75.8 cm³/mol. The van der Waals surface area contributed by atoms with E-state index < -0.39 is 16.1 Å². The average molecular weight is 293 g/mol. The van der Waals surface area contributed by atoms with Gasteiger partial charge in [0.2, 0.25) is 10.0 Å². The van der Waals surface area contributed by atoms with Gasteiger partial charge in [-0.1, -0.05) is 24.6 Å². The molecule has 0 unspecified atom stereocenters. The van der Waals surface area contributed by atoms with Crippen LogP contribution in [0.15, 0.2) is 29.2 Å². The van der Waals surface area contributed by atoms with E-state index in [0.717, 1.165) is 12.0 Å². The van der Waals surface area contributed by atoms with E-state index in [1.54, 1.807) is 24.3 Å². The Hall–Kier alpha value is -1.20. The first-order valence-electron chi connectivity index (χ1n) is 7.02. The molecule has 0 radical (unpaired) electrons. The van der Waals surface area contributed by atoms with Gasteiger partial charge in [-0.3, -0.25) is 4.79 Å². The van der Waals surface area contributed by atoms with Gasteiger partial charge in [-0.25, -0.2) is 8.42 Å². The molecule has 3 atom stereocenters. The van der Waals surface area contributed by atoms with Crippen LogP contribution in [0.5, 0.6) is 0 Å². The van der Waals surface area contributed by atoms with Crippen LogP contribution in [0.25, 0.3) is 0 Å². The molecule has 5 heteroatoms. The fourth-order valence-corrected chi connectivity index (χ4v) is 5.16. The lowest BCUT2D eigenvalue weighted by molar-refractivity contribution is -0.120. The second-order valence-electron chi connectivity index (χ2n) is 5.97. The minimum absolute atomic E-state index is 0.0793. The Morgan fingerprint density at radius 2 is 1.85 bits per heavy atom. The van der Waals surface area contributed by atoms with Crippen molar-refractivity contribution in [2.24, 2.45) is 11.8 Å². The summed E-state index contributed by atoms with van der Waals surface area (Å²) in [6.45, 7) is 4.43. The second-order valence-corrected chi connectivity index (χ2v) is 7.86. The van der Waals surface area contributed by atoms with Crippen molar-refractivity contribution in [1.82, 2.24) is 4.31 Å². The van der Waals surface area contributed by atoms with Gasteiger partial charge in [0.25, 0.3) is 0 Å². The number of carbonyl (C=O) groups excluding carboxylic acids is 1. The topological polar surface area (TPSA) is 54.5 Å². The highest BCUT2D eigenvalue weighted by atomic mass is 32.2. The van der Waals surface area contributed by atoms with Crippen molar-refractivity contribution in [3.8, 4) is 0 Å². The zero-order valence-electron chi connectivity index (χ0n) is 11.7. The molecule has 0 amide bonds. The molecule has 2 aliphatic rings. The first-order chi connectivity index (χ1) is 9.41. The lowest BCUT2D eigenvalue weighted by Gasteiger charge is -2.22. The van der Waals surface area contributed by atoms with E-state index in [1.807, 2.05) is 13.8 Å². The molecular formula is C15H19NO3S. The zero-order chi connectivity index (χ0) is 14.5. The molecule has 0 aromatic heterocycles. The fourth-order valence-electron chi connectivity index (χ4n) is 3.49. The van der Waals surface area contributed by atoms with Gasteiger partial charge in [0, 0.05) is 13.0 Å². The normalized spacial score (nSPS) is 30.7. The first kappa shape index (κ1) is 13.8. The predicted octanol–water partition coefficient (Wildman–Crippen LogP) is 1.98. The highest BCUT2D eigenvalue weighted by molar-refractivity contribution is 7.89. The van der Waals surface area contributed by atoms with E-state index >= 15 is 0 Å². The maximum atomic E-state index is 12.7. The van der Waals surface area contributed by atoms with E-state index in [-0.39, 0.29) is 16.6 Å². The molecule has 1 saturated carbocycles. The molecule has 2 fully saturated rings. The van der Waals surface area contributed by atoms with Crippen molar-refractivity contribution in [1.29, 1.82) is 0 Å². The number of fused-ring (bicyclic) bond motifs is 1. The third-order valence-electron chi connectivity index (χ3n) is 4.61. The Morgan fingerprint density at radius 1 is 1.20 bits per heavy atom. The smallest absolute Gasteiger partial charge is 0.243 e. The third kappa shape index (κ3) is 2.00. The van der Waals surface area contributed by atoms with Crippen molar-refractivity contribution in [3.05, 3.63) is 29.8 Å². The Morgan fingerprint density at radius 3 is 2.50 bits per heavy atom. The molecule has 1 aliphatic heterocycles. The van der Waals surface area contributed by atoms with Crippen LogP contribution in [0.3, 0.4) is 0 Å². The molecule has 1 heterocycles. The van der Waals surface area contributed by atoms with E-state index in [2.05, 4.69) is 0 Å². The fraction of sp³-hybridized carbons (Fsp3) is 0.533. The van der Waals surface area contributed by atoms with Crippen LogP contribution in [0, 0.1) is 18.8 Å². The molecule has 108 valence electrons. The SMILES string of the molecule is Cc1ccc(S(=O)(=O)N2CC[C@@H]3[C@@H](C)CC(=O)[C@@H]32)cc1. The maximum absolute atomic E-state index is 12.7. The van der Waals surface area contributed by atoms with E-state index in [0.29, 0.717) is 18.9 Å². The first-order valence-corrected chi connectivity index (χ1v) is 8.46. The number of hydrogen-bond acceptors (Lipinski definition) is 3. The minimum Gasteiger partial charge on any atom is -0.298 e. The minimum atomic E-state index is -3.55. The van der Waals surface area contributed by atoms with Crippen LogP contribution in [-0.4, -0.2) is 31.1 Å². The summed E-state index contributed by atoms with van der Waals surface area (Å²) in [7, 11) is -3.55. The van der Waals surface area contributed by atoms with Crippen LogP contribution < -0.4 is 0 Å². The standard InChI is InChI=1S/C15H19NO3S/c1-10-3-5-12(6-4-10)20(18,19)16-8-7-13-11(2)9-14(17)15(13)16/h3-6,11,13,15H,7-9H2,1-2H3/t11-,13+,15+/m0/s1. The van der Waals surface area contributed by atoms with Crippen LogP contribution in [-0.2, 0) is 14.8 Å². The number of benzene rings is 1. The van der Waals surface area contributed by atoms with E-state index in [9.17, 15) is 13.2 Å². The van der Waals surface area contributed by atoms with Gasteiger partial charge < -0.3 is 0 Å². The summed E-state index contributed by atoms with van der Waals surface area (Å²) in [6, 6.07) is 6.40. The monoisotopic (exact) mass is 293 g/mol. The van der Waals surface area contributed by atoms with Gasteiger partial charge in [0.1, 0.15) is 0 Å². The van der Waals surface area contributed by atoms with Gasteiger partial charge in [-0.05, 0) is 37.3 Å². The molecular weight excluding hydrogens is 274 g/mol. The molecule has 4 nitrogen and oxygen atoms in total. The number of Topliss-reactive ketones (excluding diaryl/α,β-unsaturated/α-hetero) is 1. The maximum Gasteiger partial charge on any atom is 0.243 e. The molecule has 1 saturated heterocycles. The highest BCUT2D eigenvalue weighted by Gasteiger charge is 2.51. The molecule has 1 aliphatic carbocycles. The summed E-state index contributed by atoms with van der Waals surface area (Å²) in [5.74, 6) is 0.573. The quantitative estimate of drug-likeness (QED) is 0.838. The molecule has 1 aromatic rings. The summed E-state index contributed by atoms with van der Waals surface area (Å²) in [6.07, 6.45) is 1.30. The van der Waals surface area contributed by atoms with Crippen LogP contribution >= 0.6 is 0 Å². The van der Waals surface area contributed by atoms with Crippen molar-refractivity contribution in [3.63, 3.8) is 0 Å². The summed E-state index contributed by atoms with van der Waals surface area (Å²) in [4.78, 5) is 12.4. The molecule has 20 heavy (non-hydrogen) atoms. The summed E-state index contributed by atoms with van der Waals surface area (Å²) in [5.41, 5.74) is 1.02. The lowest BCUT2D eigenvalue weighted by Crippen LogP contribution is -2.40. The number of aryl methyl sites for hydroxylation is 1. The molecule has 0 N–H and O–H groups in total. The molecule has 0 bridgehead atoms. The number of ketones is 1. The highest BCUT2D eigenvalue weighted by Crippen LogP contribution is 2.42. The summed E-state index contributed by atoms with van der Waals surface area (Å²) in [5, 5.41) is 0. The van der Waals surface area contributed by atoms with Crippen molar-refractivity contribution >= 4 is 15.8 Å². The number of rotatable bonds is 2. The van der Waals surface area contributed by atoms with E-state index in [4.69, 9.17) is 0 Å². The number of sulfonamides is 1. The van der Waals surface area contributed by atoms with Crippen LogP contribution in [0.2, 0.25) is 0 Å². The Kier molecular flexibility index (Phi) is 3.21. The Bertz CT molecular complexity index is 636. The Balaban J connectivity index is 1.96. The van der Waals surface area contributed by atoms with Gasteiger partial charge >= 0.3 is 0 Å². The van der Waals surface area contributed by atoms with E-state index in [1.165, 1.54) is 4.31 Å². The van der Waals surface area contributed by atoms with Gasteiger partial charge in [-0.2, -0.15) is 4.31 Å². The molecule has 1 aromatic carbocycles. The second kappa shape index (κ2) is 4.67. The van der Waals surface area contributed by atoms with Gasteiger partial charge in [0.15, 0.2) is 5.78 Å². The number of nitrogens with zero attached hydrogens (tertiary/aromatic N) is 1. The summed E-state index contributed by atoms with van der Waals surface area (Å²) < 4.78 is 26.9. The number of carbonyl (C=O) groups is 1. The van der Waals surface area contributed by atoms with Crippen LogP contribution in [0.1, 0.15) is 25.3 Å². The summed E-state index contributed by atoms with van der Waals surface area (Å²) >= 11 is 0. The average Bonchev–Trinajstić information content (AvgIpc) is 2.94.